The highest BCUT2D eigenvalue weighted by atomic mass is 16.5. The molecule has 0 aliphatic heterocycles. The summed E-state index contributed by atoms with van der Waals surface area (Å²) in [5.74, 6) is 0.530. The van der Waals surface area contributed by atoms with Gasteiger partial charge in [-0.3, -0.25) is 4.79 Å². The van der Waals surface area contributed by atoms with Gasteiger partial charge in [-0.1, -0.05) is 18.2 Å². The molecular formula is C33H34N10O2. The molecule has 12 heteroatoms. The highest BCUT2D eigenvalue weighted by Gasteiger charge is 2.20. The van der Waals surface area contributed by atoms with Gasteiger partial charge in [-0.2, -0.15) is 4.98 Å². The molecule has 4 aromatic heterocycles. The summed E-state index contributed by atoms with van der Waals surface area (Å²) < 4.78 is 7.92. The van der Waals surface area contributed by atoms with Crippen LogP contribution in [-0.4, -0.2) is 81.6 Å². The Morgan fingerprint density at radius 2 is 1.76 bits per heavy atom. The quantitative estimate of drug-likeness (QED) is 0.222. The first-order chi connectivity index (χ1) is 21.8. The van der Waals surface area contributed by atoms with Crippen LogP contribution in [0.3, 0.4) is 0 Å². The van der Waals surface area contributed by atoms with Gasteiger partial charge in [-0.25, -0.2) is 19.9 Å². The summed E-state index contributed by atoms with van der Waals surface area (Å²) in [5.41, 5.74) is 5.53. The van der Waals surface area contributed by atoms with E-state index in [-0.39, 0.29) is 11.6 Å². The summed E-state index contributed by atoms with van der Waals surface area (Å²) in [6, 6.07) is 17.3. The van der Waals surface area contributed by atoms with Gasteiger partial charge in [0.15, 0.2) is 5.65 Å². The highest BCUT2D eigenvalue weighted by molar-refractivity contribution is 6.06. The van der Waals surface area contributed by atoms with Crippen molar-refractivity contribution >= 4 is 50.9 Å². The number of anilines is 4. The molecule has 0 radical (unpaired) electrons. The number of aromatic nitrogens is 6. The van der Waals surface area contributed by atoms with E-state index in [1.54, 1.807) is 19.4 Å². The first kappa shape index (κ1) is 29.5. The van der Waals surface area contributed by atoms with Crippen molar-refractivity contribution in [2.75, 3.05) is 56.9 Å². The zero-order valence-electron chi connectivity index (χ0n) is 25.8. The first-order valence-corrected chi connectivity index (χ1v) is 14.4. The van der Waals surface area contributed by atoms with Crippen LogP contribution in [0.25, 0.3) is 33.2 Å². The number of ether oxygens (including phenoxy) is 1. The Labute approximate surface area is 260 Å². The van der Waals surface area contributed by atoms with Crippen LogP contribution in [0.15, 0.2) is 79.5 Å². The number of hydrogen-bond acceptors (Lipinski definition) is 10. The van der Waals surface area contributed by atoms with Crippen LogP contribution in [0, 0.1) is 0 Å². The first-order valence-electron chi connectivity index (χ1n) is 14.4. The lowest BCUT2D eigenvalue weighted by atomic mass is 10.1. The standard InChI is InChI=1S/C33H34N10O2/c1-41(2)15-16-42(3)28-18-29(45-5)26(17-25(28)37-32(44)24-12-14-34-20-36-24)38-33-39-30(22-10-8-13-35-31(22)40-33)23-19-43(4)27-11-7-6-9-21(23)27/h6-14,17-20H,15-16H2,1-5H3,(H,37,44)(H,35,38,39,40). The molecule has 0 spiro atoms. The van der Waals surface area contributed by atoms with Crippen molar-refractivity contribution in [1.82, 2.24) is 34.4 Å². The minimum atomic E-state index is -0.361. The second-order valence-corrected chi connectivity index (χ2v) is 10.9. The van der Waals surface area contributed by atoms with Gasteiger partial charge in [-0.15, -0.1) is 0 Å². The summed E-state index contributed by atoms with van der Waals surface area (Å²) in [6.07, 6.45) is 6.67. The number of nitrogens with zero attached hydrogens (tertiary/aromatic N) is 8. The number of rotatable bonds is 10. The number of carbonyl (C=O) groups is 1. The van der Waals surface area contributed by atoms with Gasteiger partial charge in [0.05, 0.1) is 29.9 Å². The molecule has 6 rings (SSSR count). The zero-order chi connectivity index (χ0) is 31.5. The molecule has 0 atom stereocenters. The van der Waals surface area contributed by atoms with E-state index in [0.717, 1.165) is 39.8 Å². The summed E-state index contributed by atoms with van der Waals surface area (Å²) >= 11 is 0. The van der Waals surface area contributed by atoms with E-state index in [1.807, 2.05) is 64.6 Å². The fourth-order valence-electron chi connectivity index (χ4n) is 5.21. The van der Waals surface area contributed by atoms with Gasteiger partial charge in [0.1, 0.15) is 17.8 Å². The molecule has 0 fully saturated rings. The zero-order valence-corrected chi connectivity index (χ0v) is 25.8. The number of nitrogens with one attached hydrogen (secondary N) is 2. The van der Waals surface area contributed by atoms with Crippen LogP contribution >= 0.6 is 0 Å². The lowest BCUT2D eigenvalue weighted by Crippen LogP contribution is -2.29. The van der Waals surface area contributed by atoms with Crippen LogP contribution in [0.4, 0.5) is 23.0 Å². The maximum Gasteiger partial charge on any atom is 0.274 e. The molecule has 228 valence electrons. The van der Waals surface area contributed by atoms with Crippen molar-refractivity contribution in [3.63, 3.8) is 0 Å². The van der Waals surface area contributed by atoms with Crippen LogP contribution in [0.1, 0.15) is 10.5 Å². The molecule has 0 unspecified atom stereocenters. The predicted octanol–water partition coefficient (Wildman–Crippen LogP) is 4.98. The Morgan fingerprint density at radius 3 is 2.53 bits per heavy atom. The number of benzene rings is 2. The molecule has 0 aliphatic carbocycles. The molecule has 2 N–H and O–H groups in total. The monoisotopic (exact) mass is 602 g/mol. The van der Waals surface area contributed by atoms with Crippen molar-refractivity contribution in [3.8, 4) is 17.0 Å². The van der Waals surface area contributed by atoms with E-state index in [9.17, 15) is 4.79 Å². The molecular weight excluding hydrogens is 568 g/mol. The van der Waals surface area contributed by atoms with E-state index >= 15 is 0 Å². The van der Waals surface area contributed by atoms with E-state index in [4.69, 9.17) is 14.7 Å². The third-order valence-electron chi connectivity index (χ3n) is 7.54. The van der Waals surface area contributed by atoms with Gasteiger partial charge in [0.2, 0.25) is 5.95 Å². The Kier molecular flexibility index (Phi) is 8.21. The Balaban J connectivity index is 1.44. The predicted molar refractivity (Wildman–Crippen MR) is 177 cm³/mol. The van der Waals surface area contributed by atoms with E-state index < -0.39 is 0 Å². The van der Waals surface area contributed by atoms with E-state index in [2.05, 4.69) is 58.3 Å². The summed E-state index contributed by atoms with van der Waals surface area (Å²) in [5, 5.41) is 8.29. The number of likely N-dealkylation sites (N-methyl/N-ethyl adjacent to an activating group) is 2. The third kappa shape index (κ3) is 6.08. The summed E-state index contributed by atoms with van der Waals surface area (Å²) in [4.78, 5) is 39.7. The lowest BCUT2D eigenvalue weighted by molar-refractivity contribution is 0.102. The minimum absolute atomic E-state index is 0.251. The number of pyridine rings is 1. The van der Waals surface area contributed by atoms with Gasteiger partial charge >= 0.3 is 0 Å². The Bertz CT molecular complexity index is 1990. The third-order valence-corrected chi connectivity index (χ3v) is 7.54. The fourth-order valence-corrected chi connectivity index (χ4v) is 5.21. The van der Waals surface area contributed by atoms with Gasteiger partial charge in [-0.05, 0) is 44.4 Å². The van der Waals surface area contributed by atoms with Crippen molar-refractivity contribution < 1.29 is 9.53 Å². The Hall–Kier alpha value is -5.62. The average Bonchev–Trinajstić information content (AvgIpc) is 3.39. The molecule has 0 aliphatic rings. The van der Waals surface area contributed by atoms with Crippen molar-refractivity contribution in [2.45, 2.75) is 0 Å². The summed E-state index contributed by atoms with van der Waals surface area (Å²) in [7, 11) is 9.63. The van der Waals surface area contributed by atoms with Crippen molar-refractivity contribution in [2.24, 2.45) is 7.05 Å². The fraction of sp³-hybridized carbons (Fsp3) is 0.212. The van der Waals surface area contributed by atoms with Gasteiger partial charge < -0.3 is 29.7 Å². The number of amides is 1. The maximum absolute atomic E-state index is 13.2. The topological polar surface area (TPSA) is 126 Å². The van der Waals surface area contributed by atoms with Crippen molar-refractivity contribution in [1.29, 1.82) is 0 Å². The van der Waals surface area contributed by atoms with Crippen LogP contribution in [0.2, 0.25) is 0 Å². The van der Waals surface area contributed by atoms with Crippen LogP contribution < -0.4 is 20.3 Å². The molecule has 12 nitrogen and oxygen atoms in total. The smallest absolute Gasteiger partial charge is 0.274 e. The molecule has 2 aromatic carbocycles. The maximum atomic E-state index is 13.2. The normalized spacial score (nSPS) is 11.2. The number of para-hydroxylation sites is 1. The number of methoxy groups -OCH3 is 1. The van der Waals surface area contributed by atoms with E-state index in [1.165, 1.54) is 12.5 Å². The second kappa shape index (κ2) is 12.5. The highest BCUT2D eigenvalue weighted by Crippen LogP contribution is 2.39. The molecule has 1 amide bonds. The minimum Gasteiger partial charge on any atom is -0.494 e. The Morgan fingerprint density at radius 1 is 0.933 bits per heavy atom. The molecule has 4 heterocycles. The molecule has 45 heavy (non-hydrogen) atoms. The number of hydrogen-bond donors (Lipinski definition) is 2. The summed E-state index contributed by atoms with van der Waals surface area (Å²) in [6.45, 7) is 1.53. The second-order valence-electron chi connectivity index (χ2n) is 10.9. The van der Waals surface area contributed by atoms with Gasteiger partial charge in [0, 0.05) is 73.7 Å². The largest absolute Gasteiger partial charge is 0.494 e. The average molecular weight is 603 g/mol. The number of aryl methyl sites for hydroxylation is 1. The van der Waals surface area contributed by atoms with Gasteiger partial charge in [0.25, 0.3) is 5.91 Å². The van der Waals surface area contributed by atoms with Crippen molar-refractivity contribution in [3.05, 3.63) is 85.2 Å². The molecule has 0 saturated carbocycles. The molecule has 0 bridgehead atoms. The lowest BCUT2D eigenvalue weighted by Gasteiger charge is -2.26. The molecule has 0 saturated heterocycles. The van der Waals surface area contributed by atoms with E-state index in [0.29, 0.717) is 35.3 Å². The van der Waals surface area contributed by atoms with Crippen LogP contribution in [0.5, 0.6) is 5.75 Å². The molecule has 6 aromatic rings. The number of fused-ring (bicyclic) bond motifs is 2. The number of carbonyl (C=O) groups excluding carboxylic acids is 1. The SMILES string of the molecule is COc1cc(N(C)CCN(C)C)c(NC(=O)c2ccncn2)cc1Nc1nc(-c2cn(C)c3ccccc23)c2cccnc2n1. The van der Waals surface area contributed by atoms with Crippen LogP contribution in [-0.2, 0) is 7.05 Å².